The second kappa shape index (κ2) is 9.79. The van der Waals surface area contributed by atoms with E-state index in [9.17, 15) is 23.1 Å². The van der Waals surface area contributed by atoms with Crippen LogP contribution in [0.5, 0.6) is 0 Å². The zero-order valence-electron chi connectivity index (χ0n) is 19.8. The number of carboxylic acid groups (broad SMARTS) is 1. The number of amides is 1. The molecule has 3 N–H and O–H groups in total. The molecule has 2 aliphatic heterocycles. The highest BCUT2D eigenvalue weighted by molar-refractivity contribution is 7.88. The average Bonchev–Trinajstić information content (AvgIpc) is 3.27. The monoisotopic (exact) mass is 532 g/mol. The van der Waals surface area contributed by atoms with Gasteiger partial charge in [0.05, 0.1) is 16.5 Å². The van der Waals surface area contributed by atoms with Gasteiger partial charge in [-0.15, -0.1) is 11.3 Å². The Kier molecular flexibility index (Phi) is 6.70. The minimum Gasteiger partial charge on any atom is -0.465 e. The quantitative estimate of drug-likeness (QED) is 0.454. The number of benzene rings is 1. The molecule has 2 fully saturated rings. The molecule has 0 spiro atoms. The van der Waals surface area contributed by atoms with Crippen LogP contribution in [0.4, 0.5) is 10.6 Å². The number of H-pyrrole nitrogens is 1. The Bertz CT molecular complexity index is 1410. The Morgan fingerprint density at radius 3 is 2.61 bits per heavy atom. The molecule has 192 valence electrons. The number of aromatic amines is 1. The van der Waals surface area contributed by atoms with Crippen LogP contribution < -0.4 is 10.9 Å². The number of sulfonamides is 1. The van der Waals surface area contributed by atoms with Gasteiger partial charge in [-0.1, -0.05) is 12.1 Å². The van der Waals surface area contributed by atoms with E-state index in [1.54, 1.807) is 0 Å². The van der Waals surface area contributed by atoms with E-state index in [4.69, 9.17) is 4.98 Å². The standard InChI is InChI=1S/C23H28N6O5S2/c1-36(33,34)29-11-8-14(9-12-29)19-26-20(24-15-5-4-10-28(13-15)23(31)32)18(21(30)27-19)22-25-16-6-2-3-7-17(16)35-22/h2-3,6-7,14-15H,4-5,8-13H2,1H3,(H,31,32)(H2,24,26,27,30)/t15-/m1/s1. The minimum atomic E-state index is -3.27. The number of nitrogens with zero attached hydrogens (tertiary/aromatic N) is 4. The minimum absolute atomic E-state index is 0.0949. The first-order valence-corrected chi connectivity index (χ1v) is 14.5. The van der Waals surface area contributed by atoms with Gasteiger partial charge in [0.15, 0.2) is 0 Å². The van der Waals surface area contributed by atoms with E-state index in [2.05, 4.69) is 15.3 Å². The fourth-order valence-corrected chi connectivity index (χ4v) is 6.77. The van der Waals surface area contributed by atoms with Gasteiger partial charge in [-0.3, -0.25) is 4.79 Å². The molecule has 2 aliphatic rings. The molecule has 0 bridgehead atoms. The Hall–Kier alpha value is -3.03. The molecule has 2 saturated heterocycles. The summed E-state index contributed by atoms with van der Waals surface area (Å²) < 4.78 is 26.2. The van der Waals surface area contributed by atoms with Crippen molar-refractivity contribution in [2.75, 3.05) is 37.8 Å². The lowest BCUT2D eigenvalue weighted by Crippen LogP contribution is -2.45. The summed E-state index contributed by atoms with van der Waals surface area (Å²) in [5.74, 6) is 0.796. The van der Waals surface area contributed by atoms with Gasteiger partial charge >= 0.3 is 6.09 Å². The third-order valence-electron chi connectivity index (χ3n) is 6.79. The molecule has 36 heavy (non-hydrogen) atoms. The number of thiazole rings is 1. The summed E-state index contributed by atoms with van der Waals surface area (Å²) in [6.07, 6.45) is 2.79. The van der Waals surface area contributed by atoms with Gasteiger partial charge in [-0.2, -0.15) is 0 Å². The summed E-state index contributed by atoms with van der Waals surface area (Å²) in [6, 6.07) is 7.45. The molecule has 1 atom stereocenters. The second-order valence-corrected chi connectivity index (χ2v) is 12.3. The molecule has 2 aromatic heterocycles. The average molecular weight is 533 g/mol. The van der Waals surface area contributed by atoms with Gasteiger partial charge in [-0.25, -0.2) is 27.5 Å². The van der Waals surface area contributed by atoms with Crippen molar-refractivity contribution >= 4 is 43.5 Å². The zero-order chi connectivity index (χ0) is 25.4. The molecule has 1 amide bonds. The van der Waals surface area contributed by atoms with Crippen molar-refractivity contribution in [3.05, 3.63) is 40.4 Å². The number of nitrogens with one attached hydrogen (secondary N) is 2. The number of likely N-dealkylation sites (tertiary alicyclic amines) is 1. The lowest BCUT2D eigenvalue weighted by molar-refractivity contribution is 0.133. The number of para-hydroxylation sites is 1. The maximum atomic E-state index is 13.4. The highest BCUT2D eigenvalue weighted by Gasteiger charge is 2.30. The molecule has 5 rings (SSSR count). The Morgan fingerprint density at radius 2 is 1.92 bits per heavy atom. The molecular formula is C23H28N6O5S2. The number of anilines is 1. The molecule has 3 aromatic rings. The maximum Gasteiger partial charge on any atom is 0.407 e. The van der Waals surface area contributed by atoms with Crippen LogP contribution in [-0.4, -0.2) is 82.3 Å². The van der Waals surface area contributed by atoms with Gasteiger partial charge in [0.1, 0.15) is 22.2 Å². The van der Waals surface area contributed by atoms with Gasteiger partial charge in [0, 0.05) is 38.1 Å². The zero-order valence-corrected chi connectivity index (χ0v) is 21.4. The first-order valence-electron chi connectivity index (χ1n) is 11.9. The number of aromatic nitrogens is 3. The fraction of sp³-hybridized carbons (Fsp3) is 0.478. The van der Waals surface area contributed by atoms with Crippen LogP contribution in [0.15, 0.2) is 29.1 Å². The van der Waals surface area contributed by atoms with E-state index in [-0.39, 0.29) is 17.5 Å². The summed E-state index contributed by atoms with van der Waals surface area (Å²) >= 11 is 1.40. The fourth-order valence-electron chi connectivity index (χ4n) is 4.89. The van der Waals surface area contributed by atoms with Crippen molar-refractivity contribution in [1.82, 2.24) is 24.2 Å². The van der Waals surface area contributed by atoms with Crippen molar-refractivity contribution in [2.24, 2.45) is 0 Å². The third-order valence-corrected chi connectivity index (χ3v) is 9.14. The van der Waals surface area contributed by atoms with E-state index in [1.165, 1.54) is 26.8 Å². The Labute approximate surface area is 212 Å². The molecule has 0 aliphatic carbocycles. The SMILES string of the molecule is CS(=O)(=O)N1CCC(c2nc(N[C@@H]3CCCN(C(=O)O)C3)c(-c3nc4ccccc4s3)c(=O)[nH]2)CC1. The lowest BCUT2D eigenvalue weighted by atomic mass is 9.97. The smallest absolute Gasteiger partial charge is 0.407 e. The summed E-state index contributed by atoms with van der Waals surface area (Å²) in [5, 5.41) is 13.3. The summed E-state index contributed by atoms with van der Waals surface area (Å²) in [7, 11) is -3.27. The number of piperidine rings is 2. The maximum absolute atomic E-state index is 13.4. The summed E-state index contributed by atoms with van der Waals surface area (Å²) in [4.78, 5) is 38.7. The number of hydrogen-bond acceptors (Lipinski definition) is 8. The van der Waals surface area contributed by atoms with Crippen molar-refractivity contribution in [2.45, 2.75) is 37.6 Å². The van der Waals surface area contributed by atoms with Crippen LogP contribution in [0.1, 0.15) is 37.4 Å². The number of fused-ring (bicyclic) bond motifs is 1. The number of carbonyl (C=O) groups is 1. The van der Waals surface area contributed by atoms with Crippen LogP contribution in [0.25, 0.3) is 20.8 Å². The molecule has 11 nitrogen and oxygen atoms in total. The Balaban J connectivity index is 1.51. The molecule has 13 heteroatoms. The van der Waals surface area contributed by atoms with Crippen molar-refractivity contribution < 1.29 is 18.3 Å². The number of hydrogen-bond donors (Lipinski definition) is 3. The van der Waals surface area contributed by atoms with Crippen LogP contribution in [0.3, 0.4) is 0 Å². The highest BCUT2D eigenvalue weighted by atomic mass is 32.2. The summed E-state index contributed by atoms with van der Waals surface area (Å²) in [6.45, 7) is 1.51. The first-order chi connectivity index (χ1) is 17.2. The molecule has 0 unspecified atom stereocenters. The molecule has 1 aromatic carbocycles. The van der Waals surface area contributed by atoms with Crippen LogP contribution in [0.2, 0.25) is 0 Å². The predicted molar refractivity (Wildman–Crippen MR) is 138 cm³/mol. The van der Waals surface area contributed by atoms with Crippen LogP contribution in [0, 0.1) is 0 Å². The summed E-state index contributed by atoms with van der Waals surface area (Å²) in [5.41, 5.74) is 0.800. The van der Waals surface area contributed by atoms with Crippen LogP contribution in [-0.2, 0) is 10.0 Å². The van der Waals surface area contributed by atoms with Crippen molar-refractivity contribution in [1.29, 1.82) is 0 Å². The first kappa shape index (κ1) is 24.7. The molecule has 4 heterocycles. The van der Waals surface area contributed by atoms with Gasteiger partial charge in [-0.05, 0) is 37.8 Å². The van der Waals surface area contributed by atoms with Crippen molar-refractivity contribution in [3.63, 3.8) is 0 Å². The molecular weight excluding hydrogens is 504 g/mol. The van der Waals surface area contributed by atoms with Gasteiger partial charge < -0.3 is 20.3 Å². The highest BCUT2D eigenvalue weighted by Crippen LogP contribution is 2.34. The number of rotatable bonds is 5. The largest absolute Gasteiger partial charge is 0.465 e. The topological polar surface area (TPSA) is 149 Å². The molecule has 0 saturated carbocycles. The third kappa shape index (κ3) is 5.08. The predicted octanol–water partition coefficient (Wildman–Crippen LogP) is 2.74. The van der Waals surface area contributed by atoms with Gasteiger partial charge in [0.2, 0.25) is 10.0 Å². The lowest BCUT2D eigenvalue weighted by Gasteiger charge is -2.32. The van der Waals surface area contributed by atoms with Crippen molar-refractivity contribution in [3.8, 4) is 10.6 Å². The second-order valence-electron chi connectivity index (χ2n) is 9.31. The van der Waals surface area contributed by atoms with E-state index < -0.39 is 16.1 Å². The van der Waals surface area contributed by atoms with Crippen LogP contribution >= 0.6 is 11.3 Å². The van der Waals surface area contributed by atoms with E-state index in [0.717, 1.165) is 16.6 Å². The Morgan fingerprint density at radius 1 is 1.17 bits per heavy atom. The van der Waals surface area contributed by atoms with Gasteiger partial charge in [0.25, 0.3) is 5.56 Å². The van der Waals surface area contributed by atoms with E-state index in [0.29, 0.717) is 67.7 Å². The molecule has 0 radical (unpaired) electrons. The van der Waals surface area contributed by atoms with E-state index in [1.807, 2.05) is 24.3 Å². The normalized spacial score (nSPS) is 20.0. The van der Waals surface area contributed by atoms with E-state index >= 15 is 0 Å².